The van der Waals surface area contributed by atoms with Crippen LogP contribution in [-0.2, 0) is 0 Å². The molecule has 0 bridgehead atoms. The van der Waals surface area contributed by atoms with Gasteiger partial charge in [0.05, 0.1) is 6.54 Å². The Bertz CT molecular complexity index is 215. The third kappa shape index (κ3) is 4.17. The highest BCUT2D eigenvalue weighted by atomic mass is 32.2. The van der Waals surface area contributed by atoms with Crippen molar-refractivity contribution in [1.29, 1.82) is 0 Å². The number of amides is 2. The lowest BCUT2D eigenvalue weighted by molar-refractivity contribution is 0.244. The van der Waals surface area contributed by atoms with Crippen molar-refractivity contribution in [2.45, 2.75) is 13.8 Å². The number of urea groups is 1. The minimum absolute atomic E-state index is 0.151. The second kappa shape index (κ2) is 5.11. The maximum absolute atomic E-state index is 11.2. The number of nitrogens with one attached hydrogen (secondary N) is 2. The standard InChI is InChI=1S/C8H15N3OS/c1-6(2)5-10-7(12)11-8-9-3-4-13-8/h6H,3-5H2,1-2H3,(H2,9,10,11,12). The number of carbonyl (C=O) groups is 1. The molecule has 0 fully saturated rings. The van der Waals surface area contributed by atoms with E-state index in [0.717, 1.165) is 17.5 Å². The smallest absolute Gasteiger partial charge is 0.320 e. The minimum Gasteiger partial charge on any atom is -0.338 e. The molecule has 5 heteroatoms. The van der Waals surface area contributed by atoms with E-state index in [1.165, 1.54) is 0 Å². The van der Waals surface area contributed by atoms with E-state index in [2.05, 4.69) is 29.5 Å². The Balaban J connectivity index is 2.17. The van der Waals surface area contributed by atoms with Crippen LogP contribution in [0.5, 0.6) is 0 Å². The molecule has 4 nitrogen and oxygen atoms in total. The molecule has 2 N–H and O–H groups in total. The Hall–Kier alpha value is -0.710. The Morgan fingerprint density at radius 3 is 3.00 bits per heavy atom. The monoisotopic (exact) mass is 201 g/mol. The van der Waals surface area contributed by atoms with Gasteiger partial charge >= 0.3 is 6.03 Å². The zero-order valence-corrected chi connectivity index (χ0v) is 8.78. The van der Waals surface area contributed by atoms with Gasteiger partial charge in [0.2, 0.25) is 0 Å². The van der Waals surface area contributed by atoms with Crippen LogP contribution < -0.4 is 10.6 Å². The summed E-state index contributed by atoms with van der Waals surface area (Å²) < 4.78 is 0. The Labute approximate surface area is 82.6 Å². The van der Waals surface area contributed by atoms with Gasteiger partial charge in [-0.2, -0.15) is 0 Å². The summed E-state index contributed by atoms with van der Waals surface area (Å²) in [4.78, 5) is 15.3. The molecule has 1 aliphatic rings. The molecule has 0 atom stereocenters. The second-order valence-electron chi connectivity index (χ2n) is 3.26. The number of aliphatic imine (C=N–C) groups is 1. The first-order valence-corrected chi connectivity index (χ1v) is 5.39. The summed E-state index contributed by atoms with van der Waals surface area (Å²) in [5.41, 5.74) is 0. The van der Waals surface area contributed by atoms with E-state index in [1.54, 1.807) is 11.8 Å². The molecule has 0 unspecified atom stereocenters. The maximum Gasteiger partial charge on any atom is 0.320 e. The molecular formula is C8H15N3OS. The third-order valence-electron chi connectivity index (χ3n) is 1.48. The molecule has 0 aliphatic carbocycles. The molecular weight excluding hydrogens is 186 g/mol. The van der Waals surface area contributed by atoms with Gasteiger partial charge in [-0.1, -0.05) is 25.6 Å². The zero-order valence-electron chi connectivity index (χ0n) is 7.96. The van der Waals surface area contributed by atoms with Crippen LogP contribution in [-0.4, -0.2) is 30.0 Å². The molecule has 2 amide bonds. The van der Waals surface area contributed by atoms with Crippen LogP contribution in [0.25, 0.3) is 0 Å². The first-order chi connectivity index (χ1) is 6.18. The van der Waals surface area contributed by atoms with Crippen LogP contribution in [0, 0.1) is 5.92 Å². The predicted molar refractivity (Wildman–Crippen MR) is 56.1 cm³/mol. The summed E-state index contributed by atoms with van der Waals surface area (Å²) in [6, 6.07) is -0.151. The number of amidine groups is 1. The van der Waals surface area contributed by atoms with Crippen molar-refractivity contribution in [2.75, 3.05) is 18.8 Å². The van der Waals surface area contributed by atoms with E-state index in [9.17, 15) is 4.79 Å². The Kier molecular flexibility index (Phi) is 4.08. The van der Waals surface area contributed by atoms with Crippen molar-refractivity contribution in [3.63, 3.8) is 0 Å². The van der Waals surface area contributed by atoms with Crippen LogP contribution in [0.3, 0.4) is 0 Å². The number of carbonyl (C=O) groups excluding carboxylic acids is 1. The lowest BCUT2D eigenvalue weighted by atomic mass is 10.2. The van der Waals surface area contributed by atoms with Gasteiger partial charge in [0.15, 0.2) is 5.17 Å². The summed E-state index contributed by atoms with van der Waals surface area (Å²) in [6.07, 6.45) is 0. The van der Waals surface area contributed by atoms with Crippen molar-refractivity contribution >= 4 is 23.0 Å². The summed E-state index contributed by atoms with van der Waals surface area (Å²) >= 11 is 1.58. The predicted octanol–water partition coefficient (Wildman–Crippen LogP) is 1.04. The average Bonchev–Trinajstić information content (AvgIpc) is 2.53. The number of rotatable bonds is 2. The molecule has 1 rings (SSSR count). The second-order valence-corrected chi connectivity index (χ2v) is 4.35. The van der Waals surface area contributed by atoms with Gasteiger partial charge < -0.3 is 5.32 Å². The quantitative estimate of drug-likeness (QED) is 0.701. The minimum atomic E-state index is -0.151. The molecule has 1 aliphatic heterocycles. The lowest BCUT2D eigenvalue weighted by Gasteiger charge is -2.08. The lowest BCUT2D eigenvalue weighted by Crippen LogP contribution is -2.39. The molecule has 0 radical (unpaired) electrons. The largest absolute Gasteiger partial charge is 0.338 e. The summed E-state index contributed by atoms with van der Waals surface area (Å²) in [6.45, 7) is 5.62. The summed E-state index contributed by atoms with van der Waals surface area (Å²) in [5, 5.41) is 6.20. The van der Waals surface area contributed by atoms with Gasteiger partial charge in [-0.3, -0.25) is 10.3 Å². The number of hydrogen-bond donors (Lipinski definition) is 2. The molecule has 0 aromatic rings. The van der Waals surface area contributed by atoms with E-state index >= 15 is 0 Å². The molecule has 0 saturated carbocycles. The number of thioether (sulfide) groups is 1. The van der Waals surface area contributed by atoms with Crippen LogP contribution >= 0.6 is 11.8 Å². The molecule has 74 valence electrons. The van der Waals surface area contributed by atoms with Crippen LogP contribution in [0.1, 0.15) is 13.8 Å². The zero-order chi connectivity index (χ0) is 9.68. The SMILES string of the molecule is CC(C)CNC(=O)NC1=NCCS1. The highest BCUT2D eigenvalue weighted by Gasteiger charge is 2.09. The van der Waals surface area contributed by atoms with E-state index in [-0.39, 0.29) is 6.03 Å². The van der Waals surface area contributed by atoms with Crippen molar-refractivity contribution in [1.82, 2.24) is 10.6 Å². The maximum atomic E-state index is 11.2. The van der Waals surface area contributed by atoms with Gasteiger partial charge in [0.25, 0.3) is 0 Å². The molecule has 0 saturated heterocycles. The molecule has 0 aromatic carbocycles. The van der Waals surface area contributed by atoms with E-state index < -0.39 is 0 Å². The first-order valence-electron chi connectivity index (χ1n) is 4.40. The molecule has 1 heterocycles. The van der Waals surface area contributed by atoms with Gasteiger partial charge in [-0.25, -0.2) is 4.79 Å². The fourth-order valence-electron chi connectivity index (χ4n) is 0.849. The topological polar surface area (TPSA) is 53.5 Å². The van der Waals surface area contributed by atoms with Gasteiger partial charge in [0, 0.05) is 12.3 Å². The third-order valence-corrected chi connectivity index (χ3v) is 2.37. The first kappa shape index (κ1) is 10.4. The van der Waals surface area contributed by atoms with Gasteiger partial charge in [-0.05, 0) is 5.92 Å². The van der Waals surface area contributed by atoms with Crippen molar-refractivity contribution in [2.24, 2.45) is 10.9 Å². The van der Waals surface area contributed by atoms with Crippen molar-refractivity contribution in [3.05, 3.63) is 0 Å². The van der Waals surface area contributed by atoms with Crippen LogP contribution in [0.4, 0.5) is 4.79 Å². The van der Waals surface area contributed by atoms with E-state index in [1.807, 2.05) is 0 Å². The Morgan fingerprint density at radius 1 is 1.69 bits per heavy atom. The fourth-order valence-corrected chi connectivity index (χ4v) is 1.57. The molecule has 0 aromatic heterocycles. The summed E-state index contributed by atoms with van der Waals surface area (Å²) in [7, 11) is 0. The summed E-state index contributed by atoms with van der Waals surface area (Å²) in [5.74, 6) is 1.45. The van der Waals surface area contributed by atoms with Crippen LogP contribution in [0.15, 0.2) is 4.99 Å². The van der Waals surface area contributed by atoms with Crippen molar-refractivity contribution in [3.8, 4) is 0 Å². The molecule has 0 spiro atoms. The van der Waals surface area contributed by atoms with Gasteiger partial charge in [-0.15, -0.1) is 0 Å². The van der Waals surface area contributed by atoms with Gasteiger partial charge in [0.1, 0.15) is 0 Å². The van der Waals surface area contributed by atoms with Crippen LogP contribution in [0.2, 0.25) is 0 Å². The highest BCUT2D eigenvalue weighted by Crippen LogP contribution is 2.08. The number of hydrogen-bond acceptors (Lipinski definition) is 3. The normalized spacial score (nSPS) is 15.8. The average molecular weight is 201 g/mol. The van der Waals surface area contributed by atoms with E-state index in [4.69, 9.17) is 0 Å². The fraction of sp³-hybridized carbons (Fsp3) is 0.750. The Morgan fingerprint density at radius 2 is 2.46 bits per heavy atom. The number of nitrogens with zero attached hydrogens (tertiary/aromatic N) is 1. The highest BCUT2D eigenvalue weighted by molar-refractivity contribution is 8.14. The van der Waals surface area contributed by atoms with Crippen molar-refractivity contribution < 1.29 is 4.79 Å². The molecule has 13 heavy (non-hydrogen) atoms. The van der Waals surface area contributed by atoms with E-state index in [0.29, 0.717) is 12.5 Å².